The molecule has 3 rings (SSSR count). The van der Waals surface area contributed by atoms with Crippen molar-refractivity contribution in [2.24, 2.45) is 5.92 Å². The van der Waals surface area contributed by atoms with Crippen molar-refractivity contribution in [1.82, 2.24) is 4.98 Å². The summed E-state index contributed by atoms with van der Waals surface area (Å²) >= 11 is 0. The Bertz CT molecular complexity index is 729. The average Bonchev–Trinajstić information content (AvgIpc) is 2.92. The van der Waals surface area contributed by atoms with Crippen LogP contribution in [-0.4, -0.2) is 30.6 Å². The van der Waals surface area contributed by atoms with E-state index in [0.29, 0.717) is 24.6 Å². The first-order valence-electron chi connectivity index (χ1n) is 7.04. The summed E-state index contributed by atoms with van der Waals surface area (Å²) in [7, 11) is 1.56. The fourth-order valence-electron chi connectivity index (χ4n) is 2.61. The van der Waals surface area contributed by atoms with Crippen LogP contribution in [0, 0.1) is 5.92 Å². The van der Waals surface area contributed by atoms with Gasteiger partial charge in [0.1, 0.15) is 0 Å². The second kappa shape index (κ2) is 6.01. The first kappa shape index (κ1) is 14.3. The molecule has 0 radical (unpaired) electrons. The van der Waals surface area contributed by atoms with Gasteiger partial charge in [0, 0.05) is 35.0 Å². The predicted octanol–water partition coefficient (Wildman–Crippen LogP) is 2.14. The summed E-state index contributed by atoms with van der Waals surface area (Å²) in [5.74, 6) is 0.104. The van der Waals surface area contributed by atoms with E-state index in [2.05, 4.69) is 10.3 Å². The number of pyridine rings is 1. The number of carbonyl (C=O) groups excluding carboxylic acids is 2. The quantitative estimate of drug-likeness (QED) is 0.875. The van der Waals surface area contributed by atoms with Crippen molar-refractivity contribution in [2.45, 2.75) is 12.8 Å². The van der Waals surface area contributed by atoms with Gasteiger partial charge in [-0.25, -0.2) is 4.98 Å². The molecule has 1 atom stereocenters. The molecule has 1 aliphatic rings. The van der Waals surface area contributed by atoms with Gasteiger partial charge < -0.3 is 14.8 Å². The van der Waals surface area contributed by atoms with E-state index in [1.54, 1.807) is 13.3 Å². The van der Waals surface area contributed by atoms with Crippen LogP contribution in [0.2, 0.25) is 0 Å². The smallest absolute Gasteiger partial charge is 0.306 e. The molecular formula is C16H16N2O4. The van der Waals surface area contributed by atoms with Crippen LogP contribution in [0.4, 0.5) is 5.69 Å². The fourth-order valence-corrected chi connectivity index (χ4v) is 2.61. The highest BCUT2D eigenvalue weighted by Gasteiger charge is 2.26. The van der Waals surface area contributed by atoms with Gasteiger partial charge in [0.15, 0.2) is 0 Å². The summed E-state index contributed by atoms with van der Waals surface area (Å²) in [4.78, 5) is 27.4. The van der Waals surface area contributed by atoms with E-state index in [4.69, 9.17) is 9.47 Å². The number of nitrogens with one attached hydrogen (secondary N) is 1. The zero-order valence-electron chi connectivity index (χ0n) is 12.2. The summed E-state index contributed by atoms with van der Waals surface area (Å²) < 4.78 is 10.1. The number of nitrogens with zero attached hydrogens (tertiary/aromatic N) is 1. The van der Waals surface area contributed by atoms with E-state index in [-0.39, 0.29) is 24.2 Å². The van der Waals surface area contributed by atoms with E-state index < -0.39 is 0 Å². The first-order chi connectivity index (χ1) is 10.7. The largest absolute Gasteiger partial charge is 0.481 e. The number of anilines is 1. The number of hydrogen-bond donors (Lipinski definition) is 1. The van der Waals surface area contributed by atoms with Crippen molar-refractivity contribution in [3.8, 4) is 5.88 Å². The maximum Gasteiger partial charge on any atom is 0.306 e. The van der Waals surface area contributed by atoms with Gasteiger partial charge in [-0.15, -0.1) is 0 Å². The molecule has 1 aliphatic heterocycles. The van der Waals surface area contributed by atoms with E-state index in [1.165, 1.54) is 0 Å². The molecular weight excluding hydrogens is 284 g/mol. The molecule has 1 saturated heterocycles. The molecule has 1 amide bonds. The number of esters is 1. The lowest BCUT2D eigenvalue weighted by Crippen LogP contribution is -2.17. The number of carbonyl (C=O) groups is 2. The molecule has 0 spiro atoms. The summed E-state index contributed by atoms with van der Waals surface area (Å²) in [5, 5.41) is 4.59. The predicted molar refractivity (Wildman–Crippen MR) is 80.6 cm³/mol. The van der Waals surface area contributed by atoms with Gasteiger partial charge >= 0.3 is 5.97 Å². The molecule has 1 fully saturated rings. The fraction of sp³-hybridized carbons (Fsp3) is 0.312. The topological polar surface area (TPSA) is 77.5 Å². The van der Waals surface area contributed by atoms with E-state index in [1.807, 2.05) is 24.3 Å². The number of hydrogen-bond acceptors (Lipinski definition) is 5. The lowest BCUT2D eigenvalue weighted by Gasteiger charge is -2.11. The minimum absolute atomic E-state index is 0.0429. The molecule has 1 aromatic carbocycles. The van der Waals surface area contributed by atoms with Crippen molar-refractivity contribution in [1.29, 1.82) is 0 Å². The zero-order chi connectivity index (χ0) is 15.5. The molecule has 114 valence electrons. The van der Waals surface area contributed by atoms with Crippen molar-refractivity contribution in [3.05, 3.63) is 30.5 Å². The number of methoxy groups -OCH3 is 1. The highest BCUT2D eigenvalue weighted by molar-refractivity contribution is 6.03. The molecule has 22 heavy (non-hydrogen) atoms. The Morgan fingerprint density at radius 2 is 2.27 bits per heavy atom. The second-order valence-corrected chi connectivity index (χ2v) is 5.23. The third kappa shape index (κ3) is 2.86. The Hall–Kier alpha value is -2.63. The van der Waals surface area contributed by atoms with Gasteiger partial charge in [0.25, 0.3) is 0 Å². The third-order valence-electron chi connectivity index (χ3n) is 3.65. The number of aromatic nitrogens is 1. The molecule has 1 N–H and O–H groups in total. The van der Waals surface area contributed by atoms with Gasteiger partial charge in [-0.2, -0.15) is 0 Å². The Kier molecular flexibility index (Phi) is 3.91. The summed E-state index contributed by atoms with van der Waals surface area (Å²) in [6.07, 6.45) is 2.21. The van der Waals surface area contributed by atoms with Crippen LogP contribution < -0.4 is 10.1 Å². The molecule has 6 heteroatoms. The molecule has 0 aliphatic carbocycles. The molecule has 1 unspecified atom stereocenters. The molecule has 6 nitrogen and oxygen atoms in total. The maximum absolute atomic E-state index is 12.1. The van der Waals surface area contributed by atoms with Gasteiger partial charge in [-0.1, -0.05) is 6.07 Å². The average molecular weight is 300 g/mol. The van der Waals surface area contributed by atoms with E-state index in [9.17, 15) is 9.59 Å². The second-order valence-electron chi connectivity index (χ2n) is 5.23. The molecule has 0 bridgehead atoms. The van der Waals surface area contributed by atoms with Gasteiger partial charge in [0.2, 0.25) is 11.8 Å². The van der Waals surface area contributed by atoms with Crippen LogP contribution in [0.1, 0.15) is 12.8 Å². The number of fused-ring (bicyclic) bond motifs is 1. The Balaban J connectivity index is 1.79. The van der Waals surface area contributed by atoms with E-state index >= 15 is 0 Å². The number of ether oxygens (including phenoxy) is 2. The molecule has 0 saturated carbocycles. The molecule has 2 aromatic rings. The van der Waals surface area contributed by atoms with E-state index in [0.717, 1.165) is 10.8 Å². The van der Waals surface area contributed by atoms with Crippen LogP contribution in [0.5, 0.6) is 5.88 Å². The summed E-state index contributed by atoms with van der Waals surface area (Å²) in [6.45, 7) is 0.319. The lowest BCUT2D eigenvalue weighted by molar-refractivity contribution is -0.138. The van der Waals surface area contributed by atoms with Crippen LogP contribution in [0.15, 0.2) is 30.5 Å². The third-order valence-corrected chi connectivity index (χ3v) is 3.65. The van der Waals surface area contributed by atoms with Gasteiger partial charge in [0.05, 0.1) is 20.1 Å². The Morgan fingerprint density at radius 3 is 3.00 bits per heavy atom. The monoisotopic (exact) mass is 300 g/mol. The standard InChI is InChI=1S/C16H16N2O4/c1-21-16-12-3-2-4-13(11(12)5-6-17-16)18-14(19)7-10-8-15(20)22-9-10/h2-6,10H,7-9H2,1H3,(H,18,19). The Labute approximate surface area is 127 Å². The van der Waals surface area contributed by atoms with Crippen molar-refractivity contribution in [2.75, 3.05) is 19.0 Å². The lowest BCUT2D eigenvalue weighted by atomic mass is 10.0. The zero-order valence-corrected chi connectivity index (χ0v) is 12.2. The number of rotatable bonds is 4. The number of benzene rings is 1. The minimum atomic E-state index is -0.237. The van der Waals surface area contributed by atoms with Crippen molar-refractivity contribution < 1.29 is 19.1 Å². The summed E-state index contributed by atoms with van der Waals surface area (Å²) in [6, 6.07) is 7.39. The highest BCUT2D eigenvalue weighted by atomic mass is 16.5. The Morgan fingerprint density at radius 1 is 1.41 bits per heavy atom. The van der Waals surface area contributed by atoms with Gasteiger partial charge in [-0.3, -0.25) is 9.59 Å². The van der Waals surface area contributed by atoms with Crippen LogP contribution >= 0.6 is 0 Å². The van der Waals surface area contributed by atoms with Crippen molar-refractivity contribution in [3.63, 3.8) is 0 Å². The maximum atomic E-state index is 12.1. The number of cyclic esters (lactones) is 1. The normalized spacial score (nSPS) is 17.3. The van der Waals surface area contributed by atoms with Crippen LogP contribution in [0.25, 0.3) is 10.8 Å². The van der Waals surface area contributed by atoms with Crippen molar-refractivity contribution >= 4 is 28.3 Å². The summed E-state index contributed by atoms with van der Waals surface area (Å²) in [5.41, 5.74) is 0.702. The molecule has 2 heterocycles. The number of amides is 1. The first-order valence-corrected chi connectivity index (χ1v) is 7.04. The van der Waals surface area contributed by atoms with Gasteiger partial charge in [-0.05, 0) is 18.2 Å². The highest BCUT2D eigenvalue weighted by Crippen LogP contribution is 2.29. The van der Waals surface area contributed by atoms with Crippen LogP contribution in [0.3, 0.4) is 0 Å². The van der Waals surface area contributed by atoms with Crippen LogP contribution in [-0.2, 0) is 14.3 Å². The SMILES string of the molecule is COc1nccc2c(NC(=O)CC3COC(=O)C3)cccc12. The molecule has 1 aromatic heterocycles. The minimum Gasteiger partial charge on any atom is -0.481 e.